The predicted octanol–water partition coefficient (Wildman–Crippen LogP) is 1.39. The van der Waals surface area contributed by atoms with E-state index in [1.807, 2.05) is 14.1 Å². The fourth-order valence-corrected chi connectivity index (χ4v) is 2.73. The molecule has 0 aliphatic carbocycles. The molecule has 0 aromatic carbocycles. The van der Waals surface area contributed by atoms with Gasteiger partial charge in [0.05, 0.1) is 6.61 Å². The van der Waals surface area contributed by atoms with Crippen LogP contribution in [0.2, 0.25) is 0 Å². The van der Waals surface area contributed by atoms with Gasteiger partial charge in [0, 0.05) is 32.8 Å². The summed E-state index contributed by atoms with van der Waals surface area (Å²) < 4.78 is 5.46. The first-order valence-electron chi connectivity index (χ1n) is 7.54. The number of hydrogen-bond donors (Lipinski definition) is 1. The lowest BCUT2D eigenvalue weighted by Gasteiger charge is -2.38. The molecule has 5 heteroatoms. The van der Waals surface area contributed by atoms with Gasteiger partial charge in [0.1, 0.15) is 5.41 Å². The number of carboxylic acid groups (broad SMARTS) is 1. The van der Waals surface area contributed by atoms with E-state index in [1.165, 1.54) is 0 Å². The Balaban J connectivity index is 2.70. The molecule has 5 nitrogen and oxygen atoms in total. The summed E-state index contributed by atoms with van der Waals surface area (Å²) in [5.41, 5.74) is -0.723. The summed E-state index contributed by atoms with van der Waals surface area (Å²) in [5.74, 6) is -0.177. The van der Waals surface area contributed by atoms with Gasteiger partial charge in [0.15, 0.2) is 0 Å². The highest BCUT2D eigenvalue weighted by atomic mass is 16.5. The minimum atomic E-state index is -0.723. The minimum absolute atomic E-state index is 0.346. The zero-order valence-electron chi connectivity index (χ0n) is 13.4. The SMILES string of the molecule is CC(C)CN(CCN(C)C)CC1(C(=O)O)CCCOC1. The van der Waals surface area contributed by atoms with E-state index in [0.29, 0.717) is 25.7 Å². The third kappa shape index (κ3) is 5.38. The number of carboxylic acids is 1. The van der Waals surface area contributed by atoms with Gasteiger partial charge in [0.25, 0.3) is 0 Å². The standard InChI is InChI=1S/C15H30N2O3/c1-13(2)10-17(8-7-16(3)4)11-15(14(18)19)6-5-9-20-12-15/h13H,5-12H2,1-4H3,(H,18,19). The third-order valence-corrected chi connectivity index (χ3v) is 3.79. The fourth-order valence-electron chi connectivity index (χ4n) is 2.73. The summed E-state index contributed by atoms with van der Waals surface area (Å²) in [5, 5.41) is 9.63. The largest absolute Gasteiger partial charge is 0.481 e. The molecule has 0 aromatic rings. The summed E-state index contributed by atoms with van der Waals surface area (Å²) in [4.78, 5) is 16.1. The van der Waals surface area contributed by atoms with Crippen molar-refractivity contribution in [1.82, 2.24) is 9.80 Å². The molecular weight excluding hydrogens is 256 g/mol. The normalized spacial score (nSPS) is 23.8. The molecule has 1 unspecified atom stereocenters. The highest BCUT2D eigenvalue weighted by Gasteiger charge is 2.42. The smallest absolute Gasteiger partial charge is 0.313 e. The van der Waals surface area contributed by atoms with Gasteiger partial charge in [0.2, 0.25) is 0 Å². The van der Waals surface area contributed by atoms with Crippen LogP contribution in [0.5, 0.6) is 0 Å². The van der Waals surface area contributed by atoms with Crippen LogP contribution in [0, 0.1) is 11.3 Å². The number of carbonyl (C=O) groups is 1. The lowest BCUT2D eigenvalue weighted by molar-refractivity contribution is -0.159. The molecule has 0 saturated carbocycles. The summed E-state index contributed by atoms with van der Waals surface area (Å²) in [6.45, 7) is 8.76. The van der Waals surface area contributed by atoms with E-state index in [9.17, 15) is 9.90 Å². The maximum atomic E-state index is 11.7. The number of aliphatic carboxylic acids is 1. The molecule has 20 heavy (non-hydrogen) atoms. The second kappa shape index (κ2) is 7.96. The highest BCUT2D eigenvalue weighted by Crippen LogP contribution is 2.30. The molecule has 0 bridgehead atoms. The van der Waals surface area contributed by atoms with Crippen molar-refractivity contribution in [1.29, 1.82) is 0 Å². The zero-order valence-corrected chi connectivity index (χ0v) is 13.4. The lowest BCUT2D eigenvalue weighted by Crippen LogP contribution is -2.50. The van der Waals surface area contributed by atoms with Crippen LogP contribution in [-0.4, -0.2) is 74.4 Å². The van der Waals surface area contributed by atoms with E-state index < -0.39 is 11.4 Å². The van der Waals surface area contributed by atoms with E-state index in [4.69, 9.17) is 4.74 Å². The number of hydrogen-bond acceptors (Lipinski definition) is 4. The van der Waals surface area contributed by atoms with Crippen molar-refractivity contribution >= 4 is 5.97 Å². The van der Waals surface area contributed by atoms with Gasteiger partial charge in [-0.25, -0.2) is 0 Å². The molecule has 0 radical (unpaired) electrons. The van der Waals surface area contributed by atoms with Crippen LogP contribution in [0.1, 0.15) is 26.7 Å². The van der Waals surface area contributed by atoms with E-state index in [-0.39, 0.29) is 0 Å². The second-order valence-corrected chi connectivity index (χ2v) is 6.67. The van der Waals surface area contributed by atoms with Gasteiger partial charge >= 0.3 is 5.97 Å². The van der Waals surface area contributed by atoms with Crippen molar-refractivity contribution in [2.45, 2.75) is 26.7 Å². The van der Waals surface area contributed by atoms with Gasteiger partial charge in [-0.05, 0) is 32.9 Å². The van der Waals surface area contributed by atoms with Crippen LogP contribution in [0.15, 0.2) is 0 Å². The first-order chi connectivity index (χ1) is 9.35. The first kappa shape index (κ1) is 17.4. The lowest BCUT2D eigenvalue weighted by atomic mass is 9.82. The van der Waals surface area contributed by atoms with Crippen molar-refractivity contribution in [2.24, 2.45) is 11.3 Å². The third-order valence-electron chi connectivity index (χ3n) is 3.79. The summed E-state index contributed by atoms with van der Waals surface area (Å²) >= 11 is 0. The Morgan fingerprint density at radius 1 is 1.35 bits per heavy atom. The fraction of sp³-hybridized carbons (Fsp3) is 0.933. The Morgan fingerprint density at radius 2 is 2.05 bits per heavy atom. The molecular formula is C15H30N2O3. The summed E-state index contributed by atoms with van der Waals surface area (Å²) in [6, 6.07) is 0. The van der Waals surface area contributed by atoms with Crippen LogP contribution in [0.3, 0.4) is 0 Å². The molecule has 1 fully saturated rings. The predicted molar refractivity (Wildman–Crippen MR) is 80.0 cm³/mol. The van der Waals surface area contributed by atoms with Crippen molar-refractivity contribution in [3.8, 4) is 0 Å². The molecule has 1 N–H and O–H groups in total. The Labute approximate surface area is 122 Å². The van der Waals surface area contributed by atoms with Crippen LogP contribution in [0.25, 0.3) is 0 Å². The van der Waals surface area contributed by atoms with E-state index in [0.717, 1.165) is 32.5 Å². The number of likely N-dealkylation sites (N-methyl/N-ethyl adjacent to an activating group) is 1. The maximum Gasteiger partial charge on any atom is 0.313 e. The number of nitrogens with zero attached hydrogens (tertiary/aromatic N) is 2. The van der Waals surface area contributed by atoms with Gasteiger partial charge in [-0.2, -0.15) is 0 Å². The Kier molecular flexibility index (Phi) is 6.92. The Bertz CT molecular complexity index is 299. The molecule has 1 atom stereocenters. The average molecular weight is 286 g/mol. The van der Waals surface area contributed by atoms with Gasteiger partial charge in [-0.1, -0.05) is 13.8 Å². The average Bonchev–Trinajstić information content (AvgIpc) is 2.36. The topological polar surface area (TPSA) is 53.0 Å². The quantitative estimate of drug-likeness (QED) is 0.731. The van der Waals surface area contributed by atoms with Crippen LogP contribution >= 0.6 is 0 Å². The Morgan fingerprint density at radius 3 is 2.50 bits per heavy atom. The Hall–Kier alpha value is -0.650. The van der Waals surface area contributed by atoms with Crippen molar-refractivity contribution < 1.29 is 14.6 Å². The second-order valence-electron chi connectivity index (χ2n) is 6.67. The number of rotatable bonds is 8. The molecule has 0 spiro atoms. The van der Waals surface area contributed by atoms with Crippen LogP contribution in [-0.2, 0) is 9.53 Å². The minimum Gasteiger partial charge on any atom is -0.481 e. The molecule has 1 rings (SSSR count). The van der Waals surface area contributed by atoms with Crippen LogP contribution in [0.4, 0.5) is 0 Å². The van der Waals surface area contributed by atoms with E-state index in [2.05, 4.69) is 23.6 Å². The molecule has 118 valence electrons. The van der Waals surface area contributed by atoms with Crippen LogP contribution < -0.4 is 0 Å². The molecule has 1 saturated heterocycles. The maximum absolute atomic E-state index is 11.7. The van der Waals surface area contributed by atoms with Crippen molar-refractivity contribution in [3.05, 3.63) is 0 Å². The van der Waals surface area contributed by atoms with Gasteiger partial charge in [-0.3, -0.25) is 4.79 Å². The van der Waals surface area contributed by atoms with E-state index in [1.54, 1.807) is 0 Å². The first-order valence-corrected chi connectivity index (χ1v) is 7.54. The van der Waals surface area contributed by atoms with Crippen molar-refractivity contribution in [2.75, 3.05) is 53.5 Å². The summed E-state index contributed by atoms with van der Waals surface area (Å²) in [7, 11) is 4.09. The zero-order chi connectivity index (χ0) is 15.2. The van der Waals surface area contributed by atoms with Gasteiger partial charge in [-0.15, -0.1) is 0 Å². The van der Waals surface area contributed by atoms with Crippen molar-refractivity contribution in [3.63, 3.8) is 0 Å². The molecule has 0 aromatic heterocycles. The molecule has 1 aliphatic rings. The summed E-state index contributed by atoms with van der Waals surface area (Å²) in [6.07, 6.45) is 1.56. The highest BCUT2D eigenvalue weighted by molar-refractivity contribution is 5.75. The number of ether oxygens (including phenoxy) is 1. The molecule has 1 heterocycles. The molecule has 1 aliphatic heterocycles. The molecule has 0 amide bonds. The van der Waals surface area contributed by atoms with E-state index >= 15 is 0 Å². The van der Waals surface area contributed by atoms with Gasteiger partial charge < -0.3 is 19.6 Å². The monoisotopic (exact) mass is 286 g/mol.